The molecule has 0 spiro atoms. The van der Waals surface area contributed by atoms with E-state index in [1.54, 1.807) is 0 Å². The zero-order valence-electron chi connectivity index (χ0n) is 15.1. The Morgan fingerprint density at radius 1 is 1.12 bits per heavy atom. The number of para-hydroxylation sites is 2. The third-order valence-electron chi connectivity index (χ3n) is 5.20. The summed E-state index contributed by atoms with van der Waals surface area (Å²) < 4.78 is 2.05. The van der Waals surface area contributed by atoms with Gasteiger partial charge in [0, 0.05) is 13.1 Å². The molecule has 4 rings (SSSR count). The van der Waals surface area contributed by atoms with Gasteiger partial charge in [0.25, 0.3) is 0 Å². The van der Waals surface area contributed by atoms with Gasteiger partial charge >= 0.3 is 6.03 Å². The minimum Gasteiger partial charge on any atom is -0.335 e. The average molecular weight is 348 g/mol. The second kappa shape index (κ2) is 6.83. The number of hydrogen-bond acceptors (Lipinski definition) is 2. The molecule has 5 heteroatoms. The van der Waals surface area contributed by atoms with Crippen LogP contribution in [0.3, 0.4) is 0 Å². The number of carbonyl (C=O) groups is 1. The number of urea groups is 1. The number of carbonyl (C=O) groups excluding carboxylic acids is 1. The van der Waals surface area contributed by atoms with Gasteiger partial charge in [0.15, 0.2) is 0 Å². The first-order valence-electron chi connectivity index (χ1n) is 9.15. The Bertz CT molecular complexity index is 912. The molecule has 1 heterocycles. The van der Waals surface area contributed by atoms with Crippen molar-refractivity contribution in [3.8, 4) is 0 Å². The number of nitrogens with zero attached hydrogens (tertiary/aromatic N) is 2. The van der Waals surface area contributed by atoms with E-state index in [4.69, 9.17) is 4.98 Å². The lowest BCUT2D eigenvalue weighted by atomic mass is 9.82. The number of hydrogen-bond donors (Lipinski definition) is 2. The van der Waals surface area contributed by atoms with Crippen molar-refractivity contribution >= 4 is 17.1 Å². The highest BCUT2D eigenvalue weighted by atomic mass is 16.2. The first-order valence-corrected chi connectivity index (χ1v) is 9.15. The van der Waals surface area contributed by atoms with E-state index in [0.717, 1.165) is 35.3 Å². The van der Waals surface area contributed by atoms with Crippen LogP contribution >= 0.6 is 0 Å². The van der Waals surface area contributed by atoms with E-state index in [1.807, 2.05) is 61.6 Å². The van der Waals surface area contributed by atoms with Crippen LogP contribution in [-0.4, -0.2) is 21.6 Å². The molecule has 2 aromatic carbocycles. The fourth-order valence-electron chi connectivity index (χ4n) is 3.74. The van der Waals surface area contributed by atoms with Crippen LogP contribution in [0.5, 0.6) is 0 Å². The first kappa shape index (κ1) is 16.6. The molecule has 1 aliphatic rings. The van der Waals surface area contributed by atoms with Gasteiger partial charge in [0.05, 0.1) is 11.0 Å². The van der Waals surface area contributed by atoms with Gasteiger partial charge in [-0.15, -0.1) is 0 Å². The number of rotatable bonds is 4. The van der Waals surface area contributed by atoms with E-state index in [-0.39, 0.29) is 18.1 Å². The van der Waals surface area contributed by atoms with Gasteiger partial charge in [-0.05, 0) is 36.5 Å². The summed E-state index contributed by atoms with van der Waals surface area (Å²) in [5.41, 5.74) is 3.00. The summed E-state index contributed by atoms with van der Waals surface area (Å²) in [6.07, 6.45) is 2.10. The van der Waals surface area contributed by atoms with Crippen molar-refractivity contribution in [1.29, 1.82) is 0 Å². The van der Waals surface area contributed by atoms with Gasteiger partial charge in [-0.25, -0.2) is 9.78 Å². The predicted molar refractivity (Wildman–Crippen MR) is 103 cm³/mol. The lowest BCUT2D eigenvalue weighted by molar-refractivity contribution is 0.208. The summed E-state index contributed by atoms with van der Waals surface area (Å²) in [6, 6.07) is 17.9. The van der Waals surface area contributed by atoms with Crippen molar-refractivity contribution in [2.75, 3.05) is 0 Å². The Kier molecular flexibility index (Phi) is 4.37. The van der Waals surface area contributed by atoms with Crippen molar-refractivity contribution in [1.82, 2.24) is 20.2 Å². The van der Waals surface area contributed by atoms with Crippen LogP contribution in [-0.2, 0) is 7.05 Å². The van der Waals surface area contributed by atoms with Gasteiger partial charge in [-0.1, -0.05) is 49.4 Å². The molecule has 2 amide bonds. The normalized spacial score (nSPS) is 20.4. The fraction of sp³-hybridized carbons (Fsp3) is 0.333. The maximum Gasteiger partial charge on any atom is 0.315 e. The van der Waals surface area contributed by atoms with Crippen molar-refractivity contribution < 1.29 is 4.79 Å². The van der Waals surface area contributed by atoms with Crippen molar-refractivity contribution in [3.05, 3.63) is 66.0 Å². The zero-order valence-corrected chi connectivity index (χ0v) is 15.1. The molecule has 5 nitrogen and oxygen atoms in total. The van der Waals surface area contributed by atoms with Crippen molar-refractivity contribution in [3.63, 3.8) is 0 Å². The quantitative estimate of drug-likeness (QED) is 0.754. The summed E-state index contributed by atoms with van der Waals surface area (Å²) in [7, 11) is 1.99. The standard InChI is InChI=1S/C21H24N4O/c1-14-12-16(13-14)22-21(26)24-19(15-8-4-3-5-9-15)20-23-17-10-6-7-11-18(17)25(20)2/h3-11,14,16,19H,12-13H2,1-2H3,(H2,22,24,26)/t14?,16?,19-/m1/s1. The largest absolute Gasteiger partial charge is 0.335 e. The van der Waals surface area contributed by atoms with E-state index >= 15 is 0 Å². The third kappa shape index (κ3) is 3.17. The second-order valence-corrected chi connectivity index (χ2v) is 7.25. The minimum absolute atomic E-state index is 0.136. The van der Waals surface area contributed by atoms with Crippen molar-refractivity contribution in [2.45, 2.75) is 31.8 Å². The molecule has 1 fully saturated rings. The first-order chi connectivity index (χ1) is 12.6. The Hall–Kier alpha value is -2.82. The molecule has 1 aromatic heterocycles. The van der Waals surface area contributed by atoms with Crippen LogP contribution in [0.4, 0.5) is 4.79 Å². The van der Waals surface area contributed by atoms with Crippen molar-refractivity contribution in [2.24, 2.45) is 13.0 Å². The number of amides is 2. The lowest BCUT2D eigenvalue weighted by Gasteiger charge is -2.33. The van der Waals surface area contributed by atoms with Gasteiger partial charge in [-0.3, -0.25) is 0 Å². The highest BCUT2D eigenvalue weighted by molar-refractivity contribution is 5.78. The van der Waals surface area contributed by atoms with E-state index in [1.165, 1.54) is 0 Å². The Morgan fingerprint density at radius 2 is 1.81 bits per heavy atom. The van der Waals surface area contributed by atoms with E-state index < -0.39 is 0 Å². The van der Waals surface area contributed by atoms with E-state index in [2.05, 4.69) is 22.1 Å². The maximum absolute atomic E-state index is 12.6. The smallest absolute Gasteiger partial charge is 0.315 e. The summed E-state index contributed by atoms with van der Waals surface area (Å²) in [5.74, 6) is 1.53. The van der Waals surface area contributed by atoms with Crippen LogP contribution in [0, 0.1) is 5.92 Å². The summed E-state index contributed by atoms with van der Waals surface area (Å²) >= 11 is 0. The van der Waals surface area contributed by atoms with Crippen LogP contribution in [0.2, 0.25) is 0 Å². The Morgan fingerprint density at radius 3 is 2.50 bits per heavy atom. The monoisotopic (exact) mass is 348 g/mol. The molecule has 0 saturated heterocycles. The van der Waals surface area contributed by atoms with Crippen LogP contribution < -0.4 is 10.6 Å². The Balaban J connectivity index is 1.64. The molecule has 0 radical (unpaired) electrons. The molecule has 3 aromatic rings. The Labute approximate surface area is 153 Å². The minimum atomic E-state index is -0.300. The van der Waals surface area contributed by atoms with Gasteiger partial charge in [0.2, 0.25) is 0 Å². The molecule has 134 valence electrons. The number of aromatic nitrogens is 2. The summed E-state index contributed by atoms with van der Waals surface area (Å²) in [6.45, 7) is 2.21. The molecule has 1 atom stereocenters. The van der Waals surface area contributed by atoms with Crippen LogP contribution in [0.25, 0.3) is 11.0 Å². The molecule has 26 heavy (non-hydrogen) atoms. The number of benzene rings is 2. The maximum atomic E-state index is 12.6. The molecular weight excluding hydrogens is 324 g/mol. The average Bonchev–Trinajstić information content (AvgIpc) is 2.96. The number of imidazole rings is 1. The molecule has 1 saturated carbocycles. The SMILES string of the molecule is CC1CC(NC(=O)N[C@H](c2ccccc2)c2nc3ccccc3n2C)C1. The highest BCUT2D eigenvalue weighted by Gasteiger charge is 2.28. The zero-order chi connectivity index (χ0) is 18.1. The fourth-order valence-corrected chi connectivity index (χ4v) is 3.74. The lowest BCUT2D eigenvalue weighted by Crippen LogP contribution is -2.48. The molecule has 2 N–H and O–H groups in total. The molecular formula is C21H24N4O. The van der Waals surface area contributed by atoms with E-state index in [0.29, 0.717) is 5.92 Å². The number of nitrogens with one attached hydrogen (secondary N) is 2. The second-order valence-electron chi connectivity index (χ2n) is 7.25. The number of fused-ring (bicyclic) bond motifs is 1. The van der Waals surface area contributed by atoms with Gasteiger partial charge in [0.1, 0.15) is 11.9 Å². The third-order valence-corrected chi connectivity index (χ3v) is 5.20. The highest BCUT2D eigenvalue weighted by Crippen LogP contribution is 2.27. The molecule has 1 aliphatic carbocycles. The molecule has 0 bridgehead atoms. The predicted octanol–water partition coefficient (Wildman–Crippen LogP) is 3.76. The molecule has 0 unspecified atom stereocenters. The van der Waals surface area contributed by atoms with Crippen LogP contribution in [0.15, 0.2) is 54.6 Å². The summed E-state index contributed by atoms with van der Waals surface area (Å²) in [5, 5.41) is 6.21. The van der Waals surface area contributed by atoms with E-state index in [9.17, 15) is 4.79 Å². The van der Waals surface area contributed by atoms with Gasteiger partial charge in [-0.2, -0.15) is 0 Å². The molecule has 0 aliphatic heterocycles. The summed E-state index contributed by atoms with van der Waals surface area (Å²) in [4.78, 5) is 17.4. The van der Waals surface area contributed by atoms with Crippen LogP contribution in [0.1, 0.15) is 37.2 Å². The topological polar surface area (TPSA) is 59.0 Å². The number of aryl methyl sites for hydroxylation is 1. The van der Waals surface area contributed by atoms with Gasteiger partial charge < -0.3 is 15.2 Å².